The molecule has 126 valence electrons. The highest BCUT2D eigenvalue weighted by Crippen LogP contribution is 2.06. The van der Waals surface area contributed by atoms with Crippen molar-refractivity contribution in [3.05, 3.63) is 0 Å². The standard InChI is InChI=1S/C14H31N3O3S/c1-5-13(6-2)12-17-14(15-7-3)16-8-9-20-10-11-21(4,18)19/h13H,5-12H2,1-4H3,(H2,15,16,17). The maximum atomic E-state index is 10.9. The van der Waals surface area contributed by atoms with Crippen LogP contribution in [0.15, 0.2) is 4.99 Å². The Morgan fingerprint density at radius 3 is 2.33 bits per heavy atom. The SMILES string of the molecule is CCNC(=NCC(CC)CC)NCCOCCS(C)(=O)=O. The first-order valence-corrected chi connectivity index (χ1v) is 9.76. The van der Waals surface area contributed by atoms with Crippen LogP contribution in [0.25, 0.3) is 0 Å². The number of sulfone groups is 1. The minimum atomic E-state index is -2.94. The van der Waals surface area contributed by atoms with E-state index in [2.05, 4.69) is 29.5 Å². The summed E-state index contributed by atoms with van der Waals surface area (Å²) in [6, 6.07) is 0. The highest BCUT2D eigenvalue weighted by Gasteiger charge is 2.04. The lowest BCUT2D eigenvalue weighted by Crippen LogP contribution is -2.39. The van der Waals surface area contributed by atoms with Gasteiger partial charge in [0.2, 0.25) is 0 Å². The molecule has 0 bridgehead atoms. The van der Waals surface area contributed by atoms with E-state index in [4.69, 9.17) is 4.74 Å². The molecule has 6 nitrogen and oxygen atoms in total. The van der Waals surface area contributed by atoms with Gasteiger partial charge >= 0.3 is 0 Å². The van der Waals surface area contributed by atoms with Gasteiger partial charge in [0, 0.05) is 25.9 Å². The van der Waals surface area contributed by atoms with Crippen LogP contribution in [0.1, 0.15) is 33.6 Å². The van der Waals surface area contributed by atoms with Crippen LogP contribution in [0.2, 0.25) is 0 Å². The van der Waals surface area contributed by atoms with Crippen molar-refractivity contribution in [3.63, 3.8) is 0 Å². The van der Waals surface area contributed by atoms with Gasteiger partial charge in [0.15, 0.2) is 5.96 Å². The molecule has 0 saturated heterocycles. The molecular formula is C14H31N3O3S. The lowest BCUT2D eigenvalue weighted by molar-refractivity contribution is 0.154. The summed E-state index contributed by atoms with van der Waals surface area (Å²) in [6.45, 7) is 9.32. The number of rotatable bonds is 11. The molecule has 0 aromatic carbocycles. The van der Waals surface area contributed by atoms with Gasteiger partial charge in [0.1, 0.15) is 9.84 Å². The summed E-state index contributed by atoms with van der Waals surface area (Å²) in [7, 11) is -2.94. The summed E-state index contributed by atoms with van der Waals surface area (Å²) < 4.78 is 27.2. The van der Waals surface area contributed by atoms with Crippen molar-refractivity contribution in [2.75, 3.05) is 44.9 Å². The third kappa shape index (κ3) is 12.6. The minimum Gasteiger partial charge on any atom is -0.379 e. The molecule has 0 aliphatic rings. The summed E-state index contributed by atoms with van der Waals surface area (Å²) in [5, 5.41) is 6.38. The van der Waals surface area contributed by atoms with Crippen molar-refractivity contribution in [1.82, 2.24) is 10.6 Å². The zero-order valence-corrected chi connectivity index (χ0v) is 14.6. The molecule has 2 N–H and O–H groups in total. The van der Waals surface area contributed by atoms with E-state index in [0.717, 1.165) is 31.9 Å². The second kappa shape index (κ2) is 11.8. The molecule has 0 aromatic heterocycles. The maximum absolute atomic E-state index is 10.9. The van der Waals surface area contributed by atoms with E-state index in [1.807, 2.05) is 6.92 Å². The van der Waals surface area contributed by atoms with Gasteiger partial charge in [0.25, 0.3) is 0 Å². The number of hydrogen-bond acceptors (Lipinski definition) is 4. The van der Waals surface area contributed by atoms with Crippen LogP contribution in [0.5, 0.6) is 0 Å². The molecule has 0 heterocycles. The Labute approximate surface area is 129 Å². The number of aliphatic imine (C=N–C) groups is 1. The molecule has 0 aliphatic heterocycles. The lowest BCUT2D eigenvalue weighted by atomic mass is 10.0. The van der Waals surface area contributed by atoms with Crippen molar-refractivity contribution in [1.29, 1.82) is 0 Å². The number of guanidine groups is 1. The molecule has 0 amide bonds. The summed E-state index contributed by atoms with van der Waals surface area (Å²) in [5.41, 5.74) is 0. The highest BCUT2D eigenvalue weighted by molar-refractivity contribution is 7.90. The van der Waals surface area contributed by atoms with Crippen molar-refractivity contribution >= 4 is 15.8 Å². The summed E-state index contributed by atoms with van der Waals surface area (Å²) in [4.78, 5) is 4.56. The van der Waals surface area contributed by atoms with Gasteiger partial charge < -0.3 is 15.4 Å². The minimum absolute atomic E-state index is 0.0653. The molecule has 0 unspecified atom stereocenters. The van der Waals surface area contributed by atoms with E-state index in [-0.39, 0.29) is 12.4 Å². The van der Waals surface area contributed by atoms with E-state index in [1.54, 1.807) is 0 Å². The van der Waals surface area contributed by atoms with Crippen molar-refractivity contribution in [2.24, 2.45) is 10.9 Å². The predicted octanol–water partition coefficient (Wildman–Crippen LogP) is 1.04. The average molecular weight is 321 g/mol. The van der Waals surface area contributed by atoms with Crippen molar-refractivity contribution in [2.45, 2.75) is 33.6 Å². The Bertz CT molecular complexity index is 379. The lowest BCUT2D eigenvalue weighted by Gasteiger charge is -2.14. The van der Waals surface area contributed by atoms with Gasteiger partial charge in [-0.15, -0.1) is 0 Å². The van der Waals surface area contributed by atoms with Gasteiger partial charge in [-0.25, -0.2) is 8.42 Å². The first-order chi connectivity index (χ1) is 9.92. The Balaban J connectivity index is 3.96. The van der Waals surface area contributed by atoms with E-state index >= 15 is 0 Å². The molecule has 0 aromatic rings. The normalized spacial score (nSPS) is 12.7. The quantitative estimate of drug-likeness (QED) is 0.338. The largest absolute Gasteiger partial charge is 0.379 e. The second-order valence-corrected chi connectivity index (χ2v) is 7.33. The molecule has 7 heteroatoms. The first kappa shape index (κ1) is 20.2. The number of ether oxygens (including phenoxy) is 1. The predicted molar refractivity (Wildman–Crippen MR) is 88.6 cm³/mol. The number of nitrogens with one attached hydrogen (secondary N) is 2. The number of hydrogen-bond donors (Lipinski definition) is 2. The molecule has 0 fully saturated rings. The maximum Gasteiger partial charge on any atom is 0.191 e. The van der Waals surface area contributed by atoms with Gasteiger partial charge in [-0.05, 0) is 12.8 Å². The van der Waals surface area contributed by atoms with Crippen molar-refractivity contribution in [3.8, 4) is 0 Å². The van der Waals surface area contributed by atoms with Gasteiger partial charge in [0.05, 0.1) is 19.0 Å². The fraction of sp³-hybridized carbons (Fsp3) is 0.929. The molecule has 0 radical (unpaired) electrons. The Hall–Kier alpha value is -0.820. The zero-order chi connectivity index (χ0) is 16.1. The second-order valence-electron chi connectivity index (χ2n) is 5.07. The van der Waals surface area contributed by atoms with Crippen LogP contribution < -0.4 is 10.6 Å². The topological polar surface area (TPSA) is 79.8 Å². The Morgan fingerprint density at radius 2 is 1.81 bits per heavy atom. The van der Waals surface area contributed by atoms with Gasteiger partial charge in [-0.3, -0.25) is 4.99 Å². The highest BCUT2D eigenvalue weighted by atomic mass is 32.2. The molecule has 0 rings (SSSR count). The van der Waals surface area contributed by atoms with E-state index in [9.17, 15) is 8.42 Å². The number of nitrogens with zero attached hydrogens (tertiary/aromatic N) is 1. The fourth-order valence-electron chi connectivity index (χ4n) is 1.66. The molecule has 0 spiro atoms. The molecule has 0 aliphatic carbocycles. The van der Waals surface area contributed by atoms with E-state index in [0.29, 0.717) is 19.1 Å². The molecular weight excluding hydrogens is 290 g/mol. The van der Waals surface area contributed by atoms with Gasteiger partial charge in [-0.2, -0.15) is 0 Å². The van der Waals surface area contributed by atoms with Gasteiger partial charge in [-0.1, -0.05) is 26.7 Å². The summed E-state index contributed by atoms with van der Waals surface area (Å²) in [5.74, 6) is 1.47. The Morgan fingerprint density at radius 1 is 1.14 bits per heavy atom. The average Bonchev–Trinajstić information content (AvgIpc) is 2.42. The Kier molecular flexibility index (Phi) is 11.3. The van der Waals surface area contributed by atoms with E-state index in [1.165, 1.54) is 6.26 Å². The van der Waals surface area contributed by atoms with Crippen LogP contribution in [-0.2, 0) is 14.6 Å². The monoisotopic (exact) mass is 321 g/mol. The summed E-state index contributed by atoms with van der Waals surface area (Å²) >= 11 is 0. The third-order valence-corrected chi connectivity index (χ3v) is 4.05. The molecule has 21 heavy (non-hydrogen) atoms. The summed E-state index contributed by atoms with van der Waals surface area (Å²) in [6.07, 6.45) is 3.48. The van der Waals surface area contributed by atoms with Crippen LogP contribution in [0, 0.1) is 5.92 Å². The van der Waals surface area contributed by atoms with Crippen LogP contribution in [0.4, 0.5) is 0 Å². The third-order valence-electron chi connectivity index (χ3n) is 3.14. The molecule has 0 saturated carbocycles. The fourth-order valence-corrected chi connectivity index (χ4v) is 2.08. The molecule has 0 atom stereocenters. The van der Waals surface area contributed by atoms with Crippen LogP contribution in [-0.4, -0.2) is 59.2 Å². The van der Waals surface area contributed by atoms with Crippen LogP contribution >= 0.6 is 0 Å². The van der Waals surface area contributed by atoms with Crippen molar-refractivity contribution < 1.29 is 13.2 Å². The smallest absolute Gasteiger partial charge is 0.191 e. The zero-order valence-electron chi connectivity index (χ0n) is 13.8. The van der Waals surface area contributed by atoms with Crippen LogP contribution in [0.3, 0.4) is 0 Å². The van der Waals surface area contributed by atoms with E-state index < -0.39 is 9.84 Å². The first-order valence-electron chi connectivity index (χ1n) is 7.70.